The van der Waals surface area contributed by atoms with Crippen molar-refractivity contribution in [1.29, 1.82) is 0 Å². The van der Waals surface area contributed by atoms with Gasteiger partial charge in [0, 0.05) is 80.9 Å². The number of benzene rings is 1. The Morgan fingerprint density at radius 2 is 1.63 bits per heavy atom. The zero-order valence-electron chi connectivity index (χ0n) is 27.7. The van der Waals surface area contributed by atoms with E-state index in [4.69, 9.17) is 16.3 Å². The molecule has 46 heavy (non-hydrogen) atoms. The lowest BCUT2D eigenvalue weighted by Crippen LogP contribution is -2.58. The van der Waals surface area contributed by atoms with E-state index < -0.39 is 17.7 Å². The molecule has 2 aliphatic carbocycles. The number of hydrogen-bond acceptors (Lipinski definition) is 6. The predicted octanol–water partition coefficient (Wildman–Crippen LogP) is 3.75. The fourth-order valence-corrected chi connectivity index (χ4v) is 9.18. The number of hydrogen-bond donors (Lipinski definition) is 1. The summed E-state index contributed by atoms with van der Waals surface area (Å²) in [5.74, 6) is 0.626. The summed E-state index contributed by atoms with van der Waals surface area (Å²) in [5, 5.41) is 4.22. The Kier molecular flexibility index (Phi) is 9.40. The third-order valence-electron chi connectivity index (χ3n) is 12.3. The van der Waals surface area contributed by atoms with E-state index >= 15 is 0 Å². The molecule has 0 unspecified atom stereocenters. The van der Waals surface area contributed by atoms with Crippen LogP contribution >= 0.6 is 11.6 Å². The zero-order valence-corrected chi connectivity index (χ0v) is 28.4. The predicted molar refractivity (Wildman–Crippen MR) is 177 cm³/mol. The maximum absolute atomic E-state index is 14.9. The van der Waals surface area contributed by atoms with Crippen molar-refractivity contribution < 1.29 is 19.1 Å². The van der Waals surface area contributed by atoms with Crippen LogP contribution in [0.5, 0.6) is 0 Å². The van der Waals surface area contributed by atoms with Gasteiger partial charge in [-0.05, 0) is 88.4 Å². The van der Waals surface area contributed by atoms with Gasteiger partial charge < -0.3 is 24.8 Å². The summed E-state index contributed by atoms with van der Waals surface area (Å²) in [6.07, 6.45) is 8.06. The molecular weight excluding hydrogens is 602 g/mol. The lowest BCUT2D eigenvalue weighted by Gasteiger charge is -2.45. The number of nitrogens with zero attached hydrogens (tertiary/aromatic N) is 4. The minimum atomic E-state index is -0.502. The van der Waals surface area contributed by atoms with Crippen molar-refractivity contribution in [2.75, 3.05) is 59.5 Å². The fourth-order valence-electron chi connectivity index (χ4n) is 9.06. The van der Waals surface area contributed by atoms with Crippen LogP contribution in [0.1, 0.15) is 76.2 Å². The number of likely N-dealkylation sites (N-methyl/N-ethyl adjacent to an activating group) is 1. The van der Waals surface area contributed by atoms with Crippen LogP contribution in [0.25, 0.3) is 0 Å². The second kappa shape index (κ2) is 13.4. The second-order valence-corrected chi connectivity index (χ2v) is 15.8. The molecule has 0 aromatic heterocycles. The summed E-state index contributed by atoms with van der Waals surface area (Å²) in [7, 11) is 2.09. The summed E-state index contributed by atoms with van der Waals surface area (Å²) < 4.78 is 5.80. The van der Waals surface area contributed by atoms with Crippen LogP contribution in [0.4, 0.5) is 0 Å². The highest BCUT2D eigenvalue weighted by Gasteiger charge is 2.54. The van der Waals surface area contributed by atoms with Crippen LogP contribution < -0.4 is 5.32 Å². The third-order valence-corrected chi connectivity index (χ3v) is 12.5. The number of carbonyl (C=O) groups excluding carboxylic acids is 3. The maximum Gasteiger partial charge on any atom is 0.249 e. The Morgan fingerprint density at radius 1 is 0.913 bits per heavy atom. The van der Waals surface area contributed by atoms with Crippen LogP contribution in [0.15, 0.2) is 24.3 Å². The van der Waals surface area contributed by atoms with E-state index in [1.807, 2.05) is 21.9 Å². The number of piperazine rings is 1. The van der Waals surface area contributed by atoms with E-state index in [1.165, 1.54) is 12.8 Å². The van der Waals surface area contributed by atoms with E-state index in [2.05, 4.69) is 41.2 Å². The first kappa shape index (κ1) is 32.4. The second-order valence-electron chi connectivity index (χ2n) is 15.3. The molecular formula is C36H52ClN5O4. The molecule has 252 valence electrons. The van der Waals surface area contributed by atoms with Gasteiger partial charge in [0.2, 0.25) is 17.7 Å². The number of nitrogens with one attached hydrogen (secondary N) is 1. The van der Waals surface area contributed by atoms with Crippen LogP contribution in [0.2, 0.25) is 5.02 Å². The molecule has 4 heterocycles. The first-order chi connectivity index (χ1) is 22.2. The molecule has 1 N–H and O–H groups in total. The summed E-state index contributed by atoms with van der Waals surface area (Å²) in [4.78, 5) is 51.6. The van der Waals surface area contributed by atoms with Crippen LogP contribution in [0, 0.1) is 17.8 Å². The molecule has 1 aromatic rings. The molecule has 4 aliphatic heterocycles. The Bertz CT molecular complexity index is 1270. The largest absolute Gasteiger partial charge is 0.368 e. The Labute approximate surface area is 279 Å². The molecule has 6 aliphatic rings. The van der Waals surface area contributed by atoms with Crippen molar-refractivity contribution in [1.82, 2.24) is 24.9 Å². The number of rotatable bonds is 7. The van der Waals surface area contributed by atoms with Gasteiger partial charge in [0.25, 0.3) is 0 Å². The topological polar surface area (TPSA) is 85.4 Å². The number of likely N-dealkylation sites (tertiary alicyclic amines) is 2. The lowest BCUT2D eigenvalue weighted by atomic mass is 9.69. The number of amides is 3. The average molecular weight is 654 g/mol. The highest BCUT2D eigenvalue weighted by molar-refractivity contribution is 6.30. The van der Waals surface area contributed by atoms with Crippen molar-refractivity contribution in [2.45, 2.75) is 94.4 Å². The minimum Gasteiger partial charge on any atom is -0.368 e. The van der Waals surface area contributed by atoms with Gasteiger partial charge in [-0.15, -0.1) is 0 Å². The quantitative estimate of drug-likeness (QED) is 0.483. The molecule has 0 spiro atoms. The van der Waals surface area contributed by atoms with Crippen LogP contribution in [-0.4, -0.2) is 121 Å². The number of ether oxygens (including phenoxy) is 1. The van der Waals surface area contributed by atoms with Crippen LogP contribution in [-0.2, 0) is 19.1 Å². The highest BCUT2D eigenvalue weighted by Crippen LogP contribution is 2.46. The van der Waals surface area contributed by atoms with Crippen molar-refractivity contribution in [3.63, 3.8) is 0 Å². The lowest BCUT2D eigenvalue weighted by molar-refractivity contribution is -0.147. The fraction of sp³-hybridized carbons (Fsp3) is 0.750. The van der Waals surface area contributed by atoms with Gasteiger partial charge in [-0.3, -0.25) is 19.3 Å². The smallest absolute Gasteiger partial charge is 0.249 e. The number of carbonyl (C=O) groups is 3. The first-order valence-corrected chi connectivity index (χ1v) is 18.3. The molecule has 0 radical (unpaired) electrons. The van der Waals surface area contributed by atoms with Crippen molar-refractivity contribution >= 4 is 29.3 Å². The summed E-state index contributed by atoms with van der Waals surface area (Å²) in [6.45, 7) is 8.06. The Morgan fingerprint density at radius 3 is 2.28 bits per heavy atom. The van der Waals surface area contributed by atoms with E-state index in [1.54, 1.807) is 0 Å². The maximum atomic E-state index is 14.9. The van der Waals surface area contributed by atoms with Gasteiger partial charge in [0.15, 0.2) is 0 Å². The monoisotopic (exact) mass is 653 g/mol. The third kappa shape index (κ3) is 6.58. The normalized spacial score (nSPS) is 35.9. The Balaban J connectivity index is 1.19. The zero-order chi connectivity index (χ0) is 32.0. The molecule has 3 amide bonds. The van der Waals surface area contributed by atoms with Crippen LogP contribution in [0.3, 0.4) is 0 Å². The van der Waals surface area contributed by atoms with E-state index in [-0.39, 0.29) is 35.5 Å². The number of halogens is 1. The summed E-state index contributed by atoms with van der Waals surface area (Å²) in [6, 6.07) is 8.05. The summed E-state index contributed by atoms with van der Waals surface area (Å²) >= 11 is 6.27. The molecule has 10 heteroatoms. The van der Waals surface area contributed by atoms with Gasteiger partial charge in [-0.25, -0.2) is 0 Å². The van der Waals surface area contributed by atoms with Gasteiger partial charge in [0.1, 0.15) is 12.1 Å². The highest BCUT2D eigenvalue weighted by atomic mass is 35.5. The van der Waals surface area contributed by atoms with Gasteiger partial charge in [0.05, 0.1) is 5.92 Å². The molecule has 2 saturated carbocycles. The van der Waals surface area contributed by atoms with Gasteiger partial charge in [-0.1, -0.05) is 30.7 Å². The van der Waals surface area contributed by atoms with Crippen molar-refractivity contribution in [2.24, 2.45) is 17.8 Å². The van der Waals surface area contributed by atoms with E-state index in [9.17, 15) is 14.4 Å². The summed E-state index contributed by atoms with van der Waals surface area (Å²) in [5.41, 5.74) is 0.710. The minimum absolute atomic E-state index is 0.0163. The standard InChI is InChI=1S/C36H52ClN5O4/c1-24-11-13-36(14-12-24,38-33(43)32-4-3-19-46-32)26-20-31(35(45)40-17-15-39(2)16-18-40)42(21-26)34(44)30-23-41(28-9-10-28)22-29(30)25-5-7-27(37)8-6-25/h5-8,24,26,28-32H,3-4,9-23H2,1-2H3,(H,38,43)/t24?,26-,29-,30+,31+,32-,36?/m0/s1. The SMILES string of the molecule is CC1CCC(NC(=O)[C@@H]2CCCO2)([C@H]2C[C@H](C(=O)N3CCN(C)CC3)N(C(=O)[C@@H]3CN(C4CC4)C[C@H]3c3ccc(Cl)cc3)C2)CC1. The molecule has 4 saturated heterocycles. The van der Waals surface area contributed by atoms with E-state index in [0.717, 1.165) is 70.3 Å². The average Bonchev–Trinajstić information content (AvgIpc) is 3.43. The molecule has 9 nitrogen and oxygen atoms in total. The Hall–Kier alpha value is -2.20. The van der Waals surface area contributed by atoms with E-state index in [0.29, 0.717) is 49.6 Å². The molecule has 7 rings (SSSR count). The van der Waals surface area contributed by atoms with Gasteiger partial charge >= 0.3 is 0 Å². The van der Waals surface area contributed by atoms with Crippen molar-refractivity contribution in [3.8, 4) is 0 Å². The molecule has 1 aromatic carbocycles. The van der Waals surface area contributed by atoms with Gasteiger partial charge in [-0.2, -0.15) is 0 Å². The van der Waals surface area contributed by atoms with Crippen molar-refractivity contribution in [3.05, 3.63) is 34.9 Å². The molecule has 0 bridgehead atoms. The first-order valence-electron chi connectivity index (χ1n) is 17.9. The molecule has 6 fully saturated rings. The molecule has 5 atom stereocenters.